The number of rotatable bonds is 2. The molecule has 1 aliphatic rings. The van der Waals surface area contributed by atoms with E-state index in [1.807, 2.05) is 11.9 Å². The van der Waals surface area contributed by atoms with Crippen molar-refractivity contribution in [2.24, 2.45) is 5.92 Å². The summed E-state index contributed by atoms with van der Waals surface area (Å²) in [6.45, 7) is 7.15. The molecule has 1 fully saturated rings. The Morgan fingerprint density at radius 1 is 1.40 bits per heavy atom. The Morgan fingerprint density at radius 2 is 2.20 bits per heavy atom. The molecule has 0 N–H and O–H groups in total. The molecule has 0 unspecified atom stereocenters. The minimum Gasteiger partial charge on any atom is -0.250 e. The fraction of sp³-hybridized carbons (Fsp3) is 1.00. The molecule has 0 aromatic rings. The lowest BCUT2D eigenvalue weighted by Gasteiger charge is -2.26. The van der Waals surface area contributed by atoms with Crippen LogP contribution in [0.3, 0.4) is 0 Å². The number of hydrogen-bond donors (Lipinski definition) is 0. The van der Waals surface area contributed by atoms with Gasteiger partial charge in [-0.25, -0.2) is 0 Å². The van der Waals surface area contributed by atoms with Crippen LogP contribution in [0.15, 0.2) is 0 Å². The van der Waals surface area contributed by atoms with Gasteiger partial charge in [-0.15, -0.1) is 0 Å². The zero-order valence-electron chi connectivity index (χ0n) is 6.97. The predicted molar refractivity (Wildman–Crippen MR) is 48.1 cm³/mol. The van der Waals surface area contributed by atoms with E-state index in [1.165, 1.54) is 31.7 Å². The molecule has 0 saturated carbocycles. The topological polar surface area (TPSA) is 3.24 Å². The maximum atomic E-state index is 2.51. The molecule has 2 heteroatoms. The average molecular weight is 159 g/mol. The minimum absolute atomic E-state index is 0.825. The van der Waals surface area contributed by atoms with Crippen molar-refractivity contribution in [2.45, 2.75) is 26.7 Å². The third kappa shape index (κ3) is 2.93. The second-order valence-corrected chi connectivity index (χ2v) is 4.51. The lowest BCUT2D eigenvalue weighted by molar-refractivity contribution is 0.388. The molecule has 1 rings (SSSR count). The molecule has 1 heterocycles. The first-order valence-corrected chi connectivity index (χ1v) is 5.11. The molecule has 0 atom stereocenters. The molecule has 0 aliphatic carbocycles. The molecule has 0 spiro atoms. The van der Waals surface area contributed by atoms with Crippen LogP contribution in [0.1, 0.15) is 26.7 Å². The largest absolute Gasteiger partial charge is 0.250 e. The van der Waals surface area contributed by atoms with Crippen LogP contribution in [0.2, 0.25) is 0 Å². The Hall–Kier alpha value is 0.310. The van der Waals surface area contributed by atoms with E-state index in [0.717, 1.165) is 5.92 Å². The second-order valence-electron chi connectivity index (χ2n) is 3.32. The van der Waals surface area contributed by atoms with Crippen molar-refractivity contribution in [2.75, 3.05) is 18.8 Å². The van der Waals surface area contributed by atoms with E-state index in [-0.39, 0.29) is 0 Å². The number of hydrogen-bond acceptors (Lipinski definition) is 2. The lowest BCUT2D eigenvalue weighted by Crippen LogP contribution is -2.25. The third-order valence-electron chi connectivity index (χ3n) is 1.64. The van der Waals surface area contributed by atoms with Gasteiger partial charge in [0.25, 0.3) is 0 Å². The van der Waals surface area contributed by atoms with Gasteiger partial charge in [0, 0.05) is 18.8 Å². The Bertz CT molecular complexity index is 87.3. The molecule has 1 aliphatic heterocycles. The molecule has 0 amide bonds. The average Bonchev–Trinajstić information content (AvgIpc) is 1.88. The molecular formula is C8H17NS. The quantitative estimate of drug-likeness (QED) is 0.569. The molecule has 0 radical (unpaired) electrons. The van der Waals surface area contributed by atoms with E-state index in [2.05, 4.69) is 18.2 Å². The highest BCUT2D eigenvalue weighted by Crippen LogP contribution is 2.20. The van der Waals surface area contributed by atoms with Gasteiger partial charge in [-0.1, -0.05) is 25.8 Å². The smallest absolute Gasteiger partial charge is 0.0112 e. The molecule has 1 nitrogen and oxygen atoms in total. The lowest BCUT2D eigenvalue weighted by atomic mass is 10.2. The number of nitrogens with zero attached hydrogens (tertiary/aromatic N) is 1. The van der Waals surface area contributed by atoms with Crippen LogP contribution < -0.4 is 0 Å². The third-order valence-corrected chi connectivity index (χ3v) is 2.81. The Labute approximate surface area is 68.3 Å². The minimum atomic E-state index is 0.825. The van der Waals surface area contributed by atoms with Gasteiger partial charge in [-0.05, 0) is 18.8 Å². The molecule has 60 valence electrons. The summed E-state index contributed by atoms with van der Waals surface area (Å²) in [6.07, 6.45) is 2.82. The highest BCUT2D eigenvalue weighted by Gasteiger charge is 2.11. The Morgan fingerprint density at radius 3 is 2.70 bits per heavy atom. The SMILES string of the molecule is CC(C)CN1CCCCS1. The zero-order chi connectivity index (χ0) is 7.40. The van der Waals surface area contributed by atoms with Crippen molar-refractivity contribution >= 4 is 11.9 Å². The molecule has 0 aromatic heterocycles. The summed E-state index contributed by atoms with van der Waals surface area (Å²) >= 11 is 2.02. The zero-order valence-corrected chi connectivity index (χ0v) is 7.78. The second kappa shape index (κ2) is 4.24. The maximum Gasteiger partial charge on any atom is 0.0112 e. The first-order valence-electron chi connectivity index (χ1n) is 4.17. The van der Waals surface area contributed by atoms with Gasteiger partial charge in [0.1, 0.15) is 0 Å². The fourth-order valence-corrected chi connectivity index (χ4v) is 2.45. The van der Waals surface area contributed by atoms with Crippen LogP contribution in [0.25, 0.3) is 0 Å². The van der Waals surface area contributed by atoms with Crippen LogP contribution in [0.4, 0.5) is 0 Å². The Balaban J connectivity index is 2.13. The van der Waals surface area contributed by atoms with Crippen LogP contribution in [0.5, 0.6) is 0 Å². The van der Waals surface area contributed by atoms with Gasteiger partial charge in [0.05, 0.1) is 0 Å². The van der Waals surface area contributed by atoms with Crippen molar-refractivity contribution < 1.29 is 0 Å². The van der Waals surface area contributed by atoms with Crippen molar-refractivity contribution in [3.63, 3.8) is 0 Å². The highest BCUT2D eigenvalue weighted by atomic mass is 32.2. The monoisotopic (exact) mass is 159 g/mol. The summed E-state index contributed by atoms with van der Waals surface area (Å²) in [5.74, 6) is 2.16. The summed E-state index contributed by atoms with van der Waals surface area (Å²) < 4.78 is 2.51. The first-order chi connectivity index (χ1) is 4.79. The van der Waals surface area contributed by atoms with Crippen molar-refractivity contribution in [3.8, 4) is 0 Å². The molecule has 0 aromatic carbocycles. The van der Waals surface area contributed by atoms with Crippen LogP contribution in [-0.4, -0.2) is 23.1 Å². The highest BCUT2D eigenvalue weighted by molar-refractivity contribution is 7.97. The molecule has 0 bridgehead atoms. The Kier molecular flexibility index (Phi) is 3.57. The van der Waals surface area contributed by atoms with E-state index >= 15 is 0 Å². The van der Waals surface area contributed by atoms with Gasteiger partial charge in [0.2, 0.25) is 0 Å². The van der Waals surface area contributed by atoms with Crippen LogP contribution >= 0.6 is 11.9 Å². The van der Waals surface area contributed by atoms with Crippen molar-refractivity contribution in [1.29, 1.82) is 0 Å². The summed E-state index contributed by atoms with van der Waals surface area (Å²) in [6, 6.07) is 0. The first kappa shape index (κ1) is 8.41. The van der Waals surface area contributed by atoms with Crippen molar-refractivity contribution in [3.05, 3.63) is 0 Å². The normalized spacial score (nSPS) is 21.9. The van der Waals surface area contributed by atoms with Crippen LogP contribution in [0, 0.1) is 5.92 Å². The molecule has 10 heavy (non-hydrogen) atoms. The van der Waals surface area contributed by atoms with Crippen molar-refractivity contribution in [1.82, 2.24) is 4.31 Å². The van der Waals surface area contributed by atoms with E-state index < -0.39 is 0 Å². The fourth-order valence-electron chi connectivity index (χ4n) is 1.20. The van der Waals surface area contributed by atoms with Gasteiger partial charge >= 0.3 is 0 Å². The van der Waals surface area contributed by atoms with Gasteiger partial charge in [-0.2, -0.15) is 0 Å². The summed E-state index contributed by atoms with van der Waals surface area (Å²) in [4.78, 5) is 0. The van der Waals surface area contributed by atoms with E-state index in [4.69, 9.17) is 0 Å². The van der Waals surface area contributed by atoms with Gasteiger partial charge in [-0.3, -0.25) is 4.31 Å². The predicted octanol–water partition coefficient (Wildman–Crippen LogP) is 2.39. The van der Waals surface area contributed by atoms with Gasteiger partial charge in [0.15, 0.2) is 0 Å². The van der Waals surface area contributed by atoms with E-state index in [1.54, 1.807) is 0 Å². The summed E-state index contributed by atoms with van der Waals surface area (Å²) in [5, 5.41) is 0. The summed E-state index contributed by atoms with van der Waals surface area (Å²) in [7, 11) is 0. The van der Waals surface area contributed by atoms with E-state index in [9.17, 15) is 0 Å². The van der Waals surface area contributed by atoms with E-state index in [0.29, 0.717) is 0 Å². The molecular weight excluding hydrogens is 142 g/mol. The molecule has 1 saturated heterocycles. The summed E-state index contributed by atoms with van der Waals surface area (Å²) in [5.41, 5.74) is 0. The van der Waals surface area contributed by atoms with Crippen LogP contribution in [-0.2, 0) is 0 Å². The standard InChI is InChI=1S/C8H17NS/c1-8(2)7-9-5-3-4-6-10-9/h8H,3-7H2,1-2H3. The van der Waals surface area contributed by atoms with Gasteiger partial charge < -0.3 is 0 Å². The maximum absolute atomic E-state index is 2.51.